The van der Waals surface area contributed by atoms with Gasteiger partial charge in [-0.3, -0.25) is 14.4 Å². The lowest BCUT2D eigenvalue weighted by Gasteiger charge is -2.47. The van der Waals surface area contributed by atoms with E-state index in [1.165, 1.54) is 4.90 Å². The summed E-state index contributed by atoms with van der Waals surface area (Å²) < 4.78 is 30.4. The lowest BCUT2D eigenvalue weighted by molar-refractivity contribution is -0.302. The second-order valence-electron chi connectivity index (χ2n) is 17.8. The van der Waals surface area contributed by atoms with Crippen molar-refractivity contribution < 1.29 is 53.1 Å². The van der Waals surface area contributed by atoms with Crippen LogP contribution in [-0.2, 0) is 42.9 Å². The molecule has 1 amide bonds. The van der Waals surface area contributed by atoms with Gasteiger partial charge < -0.3 is 38.8 Å². The number of hydrogen-bond acceptors (Lipinski definition) is 11. The largest absolute Gasteiger partial charge is 0.493 e. The van der Waals surface area contributed by atoms with Crippen molar-refractivity contribution in [3.05, 3.63) is 35.1 Å². The van der Waals surface area contributed by atoms with E-state index >= 15 is 0 Å². The molecule has 13 atom stereocenters. The first-order chi connectivity index (χ1) is 27.5. The minimum Gasteiger partial charge on any atom is -0.493 e. The van der Waals surface area contributed by atoms with Gasteiger partial charge in [-0.05, 0) is 128 Å². The van der Waals surface area contributed by atoms with Crippen LogP contribution in [0.25, 0.3) is 0 Å². The first kappa shape index (κ1) is 47.8. The van der Waals surface area contributed by atoms with Crippen molar-refractivity contribution in [3.63, 3.8) is 0 Å². The summed E-state index contributed by atoms with van der Waals surface area (Å²) in [6, 6.07) is -1.05. The lowest BCUT2D eigenvalue weighted by atomic mass is 9.82. The molecule has 1 aliphatic carbocycles. The third-order valence-electron chi connectivity index (χ3n) is 13.2. The zero-order valence-electron chi connectivity index (χ0n) is 36.9. The normalized spacial score (nSPS) is 38.6. The van der Waals surface area contributed by atoms with Crippen LogP contribution in [0.4, 0.5) is 0 Å². The van der Waals surface area contributed by atoms with Gasteiger partial charge in [0.1, 0.15) is 30.1 Å². The Morgan fingerprint density at radius 1 is 0.966 bits per heavy atom. The summed E-state index contributed by atoms with van der Waals surface area (Å²) in [4.78, 5) is 57.8. The molecule has 3 fully saturated rings. The molecule has 4 rings (SSSR count). The minimum atomic E-state index is -2.47. The predicted octanol–water partition coefficient (Wildman–Crippen LogP) is 6.80. The van der Waals surface area contributed by atoms with Crippen LogP contribution in [0, 0.1) is 29.6 Å². The maximum Gasteiger partial charge on any atom is 0.329 e. The molecule has 0 aromatic rings. The first-order valence-corrected chi connectivity index (χ1v) is 21.8. The number of fused-ring (bicyclic) bond motifs is 3. The van der Waals surface area contributed by atoms with Gasteiger partial charge >= 0.3 is 5.97 Å². The third kappa shape index (κ3) is 11.7. The Morgan fingerprint density at radius 3 is 2.29 bits per heavy atom. The quantitative estimate of drug-likeness (QED) is 0.121. The van der Waals surface area contributed by atoms with Gasteiger partial charge in [-0.1, -0.05) is 45.4 Å². The number of Topliss-reactive ketones (excluding diaryl/α,β-unsaturated/α-hetero) is 2. The summed E-state index contributed by atoms with van der Waals surface area (Å²) in [5.74, 6) is -5.55. The molecule has 3 aliphatic heterocycles. The smallest absolute Gasteiger partial charge is 0.329 e. The molecule has 13 unspecified atom stereocenters. The van der Waals surface area contributed by atoms with Crippen molar-refractivity contribution in [2.24, 2.45) is 29.6 Å². The summed E-state index contributed by atoms with van der Waals surface area (Å²) in [6.45, 7) is 15.6. The van der Waals surface area contributed by atoms with Crippen LogP contribution in [0.5, 0.6) is 0 Å². The Labute approximate surface area is 347 Å². The van der Waals surface area contributed by atoms with Crippen LogP contribution in [0.1, 0.15) is 132 Å². The minimum absolute atomic E-state index is 0.0151. The van der Waals surface area contributed by atoms with Crippen molar-refractivity contribution in [2.45, 2.75) is 181 Å². The van der Waals surface area contributed by atoms with Crippen molar-refractivity contribution in [1.82, 2.24) is 4.90 Å². The van der Waals surface area contributed by atoms with Gasteiger partial charge in [0.25, 0.3) is 11.7 Å². The van der Waals surface area contributed by atoms with Crippen LogP contribution in [0.3, 0.4) is 0 Å². The molecule has 58 heavy (non-hydrogen) atoms. The van der Waals surface area contributed by atoms with Crippen LogP contribution >= 0.6 is 0 Å². The average Bonchev–Trinajstić information content (AvgIpc) is 3.20. The number of nitrogens with zero attached hydrogens (tertiary/aromatic N) is 1. The summed E-state index contributed by atoms with van der Waals surface area (Å²) in [5, 5.41) is 23.0. The Hall–Kier alpha value is -2.90. The molecule has 2 bridgehead atoms. The van der Waals surface area contributed by atoms with Crippen molar-refractivity contribution in [3.8, 4) is 0 Å². The molecule has 3 heterocycles. The summed E-state index contributed by atoms with van der Waals surface area (Å²) in [5.41, 5.74) is 1.88. The Morgan fingerprint density at radius 2 is 1.66 bits per heavy atom. The molecule has 0 aromatic heterocycles. The number of methoxy groups -OCH3 is 2. The standard InChI is InChI=1S/C46H73NO11/c1-11-32(8)56-38-19-17-33(26-37(38)49)24-30(6)41-29(5)16-18-36(48)34(12-2)22-27(3)21-28(4)23-39(54-9)42-40(55-10)25-31(7)46(53,58-42)43(50)44(51)47-20-14-13-15-35(47)45(52)57-41/h11,22,24,28-29,31,33-35,37-42,49,53H,12-21,23,25-26H2,1-10H3. The summed E-state index contributed by atoms with van der Waals surface area (Å²) >= 11 is 0. The Balaban J connectivity index is 1.71. The molecule has 12 nitrogen and oxygen atoms in total. The molecule has 0 aromatic carbocycles. The van der Waals surface area contributed by atoms with Gasteiger partial charge in [-0.15, -0.1) is 0 Å². The number of esters is 1. The molecule has 328 valence electrons. The topological polar surface area (TPSA) is 158 Å². The van der Waals surface area contributed by atoms with Crippen LogP contribution in [-0.4, -0.2) is 108 Å². The number of allylic oxidation sites excluding steroid dienone is 5. The number of hydrogen-bond donors (Lipinski definition) is 2. The van der Waals surface area contributed by atoms with E-state index in [1.54, 1.807) is 21.1 Å². The SMILES string of the molecule is CC=C(C)OC1CCC(C=C(C)C2OC(=O)C3CCCCN3C(=O)C(=O)C3(O)OC(C(OC)CC(C)CC(C)=CC(CC)C(=O)CCC2C)C(OC)CC3C)CC1O. The zero-order chi connectivity index (χ0) is 42.9. The number of aliphatic hydroxyl groups excluding tert-OH is 1. The maximum absolute atomic E-state index is 14.3. The van der Waals surface area contributed by atoms with Crippen molar-refractivity contribution in [1.29, 1.82) is 0 Å². The number of aliphatic hydroxyl groups is 2. The second-order valence-corrected chi connectivity index (χ2v) is 17.8. The van der Waals surface area contributed by atoms with E-state index in [-0.39, 0.29) is 48.5 Å². The highest BCUT2D eigenvalue weighted by Crippen LogP contribution is 2.39. The van der Waals surface area contributed by atoms with Gasteiger partial charge in [-0.2, -0.15) is 0 Å². The van der Waals surface area contributed by atoms with E-state index < -0.39 is 65.9 Å². The number of cyclic esters (lactones) is 1. The molecule has 2 saturated heterocycles. The number of rotatable bonds is 7. The fraction of sp³-hybridized carbons (Fsp3) is 0.783. The molecule has 0 spiro atoms. The predicted molar refractivity (Wildman–Crippen MR) is 220 cm³/mol. The van der Waals surface area contributed by atoms with E-state index in [1.807, 2.05) is 47.6 Å². The van der Waals surface area contributed by atoms with Gasteiger partial charge in [-0.25, -0.2) is 4.79 Å². The van der Waals surface area contributed by atoms with E-state index in [0.29, 0.717) is 64.2 Å². The highest BCUT2D eigenvalue weighted by molar-refractivity contribution is 6.39. The average molecular weight is 816 g/mol. The fourth-order valence-electron chi connectivity index (χ4n) is 9.59. The van der Waals surface area contributed by atoms with E-state index in [2.05, 4.69) is 19.1 Å². The molecule has 1 saturated carbocycles. The summed E-state index contributed by atoms with van der Waals surface area (Å²) in [6.07, 6.45) is 8.69. The lowest BCUT2D eigenvalue weighted by Crippen LogP contribution is -2.64. The van der Waals surface area contributed by atoms with Crippen LogP contribution < -0.4 is 0 Å². The van der Waals surface area contributed by atoms with E-state index in [0.717, 1.165) is 23.3 Å². The molecular formula is C46H73NO11. The number of carbonyl (C=O) groups is 4. The van der Waals surface area contributed by atoms with Crippen LogP contribution in [0.2, 0.25) is 0 Å². The number of ketones is 2. The van der Waals surface area contributed by atoms with Gasteiger partial charge in [0.15, 0.2) is 0 Å². The Bertz CT molecular complexity index is 1520. The van der Waals surface area contributed by atoms with Crippen LogP contribution in [0.15, 0.2) is 35.1 Å². The second kappa shape index (κ2) is 21.6. The molecule has 2 N–H and O–H groups in total. The third-order valence-corrected chi connectivity index (χ3v) is 13.2. The maximum atomic E-state index is 14.3. The molecular weight excluding hydrogens is 743 g/mol. The molecule has 0 radical (unpaired) electrons. The number of piperidine rings is 1. The number of carbonyl (C=O) groups excluding carboxylic acids is 4. The summed E-state index contributed by atoms with van der Waals surface area (Å²) in [7, 11) is 3.10. The fourth-order valence-corrected chi connectivity index (χ4v) is 9.59. The highest BCUT2D eigenvalue weighted by atomic mass is 16.7. The highest BCUT2D eigenvalue weighted by Gasteiger charge is 2.56. The zero-order valence-corrected chi connectivity index (χ0v) is 36.9. The molecule has 4 aliphatic rings. The molecule has 12 heteroatoms. The van der Waals surface area contributed by atoms with Crippen molar-refractivity contribution in [2.75, 3.05) is 20.8 Å². The first-order valence-electron chi connectivity index (χ1n) is 21.8. The number of amides is 1. The van der Waals surface area contributed by atoms with Gasteiger partial charge in [0.2, 0.25) is 5.79 Å². The Kier molecular flexibility index (Phi) is 17.8. The van der Waals surface area contributed by atoms with Gasteiger partial charge in [0.05, 0.1) is 24.1 Å². The monoisotopic (exact) mass is 816 g/mol. The van der Waals surface area contributed by atoms with Crippen molar-refractivity contribution >= 4 is 23.4 Å². The number of ether oxygens (including phenoxy) is 5. The van der Waals surface area contributed by atoms with Gasteiger partial charge in [0, 0.05) is 39.0 Å². The van der Waals surface area contributed by atoms with E-state index in [4.69, 9.17) is 23.7 Å². The van der Waals surface area contributed by atoms with E-state index in [9.17, 15) is 29.4 Å².